The minimum Gasteiger partial charge on any atom is -0.299 e. The van der Waals surface area contributed by atoms with Crippen LogP contribution < -0.4 is 5.32 Å². The van der Waals surface area contributed by atoms with Crippen molar-refractivity contribution in [3.8, 4) is 6.07 Å². The molecule has 2 aliphatic heterocycles. The van der Waals surface area contributed by atoms with Crippen LogP contribution in [0.1, 0.15) is 51.4 Å². The topological polar surface area (TPSA) is 42.3 Å². The zero-order valence-electron chi connectivity index (χ0n) is 13.2. The minimum atomic E-state index is -0.219. The maximum atomic E-state index is 9.67. The molecule has 2 aliphatic carbocycles. The quantitative estimate of drug-likeness (QED) is 0.859. The summed E-state index contributed by atoms with van der Waals surface area (Å²) in [6, 6.07) is 5.46. The number of nitriles is 1. The monoisotopic (exact) mass is 288 g/mol. The summed E-state index contributed by atoms with van der Waals surface area (Å²) in [5.41, 5.74) is -0.219. The molecule has 4 atom stereocenters. The number of rotatable bonds is 3. The zero-order valence-corrected chi connectivity index (χ0v) is 13.2. The fourth-order valence-electron chi connectivity index (χ4n) is 4.88. The van der Waals surface area contributed by atoms with Crippen molar-refractivity contribution in [3.63, 3.8) is 0 Å². The van der Waals surface area contributed by atoms with E-state index in [2.05, 4.69) is 28.2 Å². The molecule has 0 aromatic carbocycles. The Balaban J connectivity index is 1.42. The third kappa shape index (κ3) is 2.60. The standard InChI is InChI=1S/C17H28N4/c1-20-14-4-5-16(20)11-21(9-7-14)15-6-8-17(10-15,12-18)19-13-2-3-13/h13-16,19H,2-11H2,1H3. The molecule has 4 rings (SSSR count). The Morgan fingerprint density at radius 1 is 1.05 bits per heavy atom. The van der Waals surface area contributed by atoms with Crippen LogP contribution in [0.5, 0.6) is 0 Å². The largest absolute Gasteiger partial charge is 0.299 e. The molecule has 0 amide bonds. The first-order valence-corrected chi connectivity index (χ1v) is 8.84. The van der Waals surface area contributed by atoms with Crippen LogP contribution in [0.2, 0.25) is 0 Å². The molecule has 4 heteroatoms. The number of hydrogen-bond donors (Lipinski definition) is 1. The van der Waals surface area contributed by atoms with Gasteiger partial charge in [0.1, 0.15) is 5.54 Å². The van der Waals surface area contributed by atoms with Crippen LogP contribution >= 0.6 is 0 Å². The highest BCUT2D eigenvalue weighted by atomic mass is 15.3. The fraction of sp³-hybridized carbons (Fsp3) is 0.941. The average molecular weight is 288 g/mol. The first kappa shape index (κ1) is 14.0. The van der Waals surface area contributed by atoms with E-state index in [4.69, 9.17) is 0 Å². The average Bonchev–Trinajstić information content (AvgIpc) is 3.10. The molecule has 2 saturated heterocycles. The summed E-state index contributed by atoms with van der Waals surface area (Å²) in [6.45, 7) is 2.46. The van der Waals surface area contributed by atoms with Gasteiger partial charge in [0.25, 0.3) is 0 Å². The van der Waals surface area contributed by atoms with Gasteiger partial charge in [0.05, 0.1) is 6.07 Å². The van der Waals surface area contributed by atoms with Gasteiger partial charge in [-0.25, -0.2) is 0 Å². The molecule has 4 unspecified atom stereocenters. The fourth-order valence-corrected chi connectivity index (χ4v) is 4.88. The second-order valence-corrected chi connectivity index (χ2v) is 7.84. The van der Waals surface area contributed by atoms with Crippen LogP contribution in [0.3, 0.4) is 0 Å². The third-order valence-corrected chi connectivity index (χ3v) is 6.46. The van der Waals surface area contributed by atoms with E-state index in [1.165, 1.54) is 51.6 Å². The van der Waals surface area contributed by atoms with E-state index >= 15 is 0 Å². The first-order valence-electron chi connectivity index (χ1n) is 8.84. The molecule has 116 valence electrons. The summed E-state index contributed by atoms with van der Waals surface area (Å²) < 4.78 is 0. The van der Waals surface area contributed by atoms with E-state index in [-0.39, 0.29) is 5.54 Å². The third-order valence-electron chi connectivity index (χ3n) is 6.46. The van der Waals surface area contributed by atoms with Crippen LogP contribution in [0.25, 0.3) is 0 Å². The lowest BCUT2D eigenvalue weighted by Crippen LogP contribution is -2.46. The lowest BCUT2D eigenvalue weighted by Gasteiger charge is -2.32. The second-order valence-electron chi connectivity index (χ2n) is 7.84. The van der Waals surface area contributed by atoms with E-state index < -0.39 is 0 Å². The second kappa shape index (κ2) is 5.22. The van der Waals surface area contributed by atoms with Crippen molar-refractivity contribution in [3.05, 3.63) is 0 Å². The molecule has 0 radical (unpaired) electrons. The Kier molecular flexibility index (Phi) is 3.48. The Bertz CT molecular complexity index is 441. The van der Waals surface area contributed by atoms with Gasteiger partial charge in [0, 0.05) is 30.7 Å². The van der Waals surface area contributed by atoms with Crippen molar-refractivity contribution in [1.82, 2.24) is 15.1 Å². The Morgan fingerprint density at radius 2 is 1.86 bits per heavy atom. The number of likely N-dealkylation sites (N-methyl/N-ethyl adjacent to an activating group) is 1. The van der Waals surface area contributed by atoms with Gasteiger partial charge in [-0.15, -0.1) is 0 Å². The highest BCUT2D eigenvalue weighted by molar-refractivity contribution is 5.15. The van der Waals surface area contributed by atoms with Gasteiger partial charge in [-0.3, -0.25) is 15.1 Å². The summed E-state index contributed by atoms with van der Waals surface area (Å²) in [4.78, 5) is 5.34. The molecule has 0 aromatic rings. The summed E-state index contributed by atoms with van der Waals surface area (Å²) >= 11 is 0. The van der Waals surface area contributed by atoms with Crippen molar-refractivity contribution in [2.75, 3.05) is 20.1 Å². The summed E-state index contributed by atoms with van der Waals surface area (Å²) in [5.74, 6) is 0. The molecular weight excluding hydrogens is 260 g/mol. The Labute approximate surface area is 128 Å². The normalized spacial score (nSPS) is 44.7. The molecule has 2 saturated carbocycles. The lowest BCUT2D eigenvalue weighted by atomic mass is 9.98. The molecule has 4 fully saturated rings. The van der Waals surface area contributed by atoms with Gasteiger partial charge < -0.3 is 0 Å². The number of likely N-dealkylation sites (tertiary alicyclic amines) is 1. The molecule has 2 heterocycles. The van der Waals surface area contributed by atoms with Crippen LogP contribution in [0, 0.1) is 11.3 Å². The van der Waals surface area contributed by atoms with Crippen LogP contribution in [0.4, 0.5) is 0 Å². The van der Waals surface area contributed by atoms with Gasteiger partial charge in [0.2, 0.25) is 0 Å². The van der Waals surface area contributed by atoms with Gasteiger partial charge in [-0.2, -0.15) is 5.26 Å². The van der Waals surface area contributed by atoms with Crippen molar-refractivity contribution in [2.45, 2.75) is 81.1 Å². The smallest absolute Gasteiger partial charge is 0.108 e. The Morgan fingerprint density at radius 3 is 2.62 bits per heavy atom. The van der Waals surface area contributed by atoms with Crippen molar-refractivity contribution < 1.29 is 0 Å². The van der Waals surface area contributed by atoms with Gasteiger partial charge in [0.15, 0.2) is 0 Å². The predicted molar refractivity (Wildman–Crippen MR) is 82.9 cm³/mol. The van der Waals surface area contributed by atoms with Crippen LogP contribution in [-0.2, 0) is 0 Å². The van der Waals surface area contributed by atoms with Crippen molar-refractivity contribution >= 4 is 0 Å². The van der Waals surface area contributed by atoms with E-state index in [1.807, 2.05) is 0 Å². The van der Waals surface area contributed by atoms with Gasteiger partial charge in [-0.05, 0) is 65.0 Å². The lowest BCUT2D eigenvalue weighted by molar-refractivity contribution is 0.168. The van der Waals surface area contributed by atoms with Crippen molar-refractivity contribution in [1.29, 1.82) is 5.26 Å². The maximum absolute atomic E-state index is 9.67. The van der Waals surface area contributed by atoms with E-state index in [0.717, 1.165) is 24.9 Å². The van der Waals surface area contributed by atoms with E-state index in [0.29, 0.717) is 12.1 Å². The number of hydrogen-bond acceptors (Lipinski definition) is 4. The summed E-state index contributed by atoms with van der Waals surface area (Å²) in [6.07, 6.45) is 9.91. The summed E-state index contributed by atoms with van der Waals surface area (Å²) in [7, 11) is 2.31. The molecule has 0 aromatic heterocycles. The summed E-state index contributed by atoms with van der Waals surface area (Å²) in [5, 5.41) is 13.3. The highest BCUT2D eigenvalue weighted by Gasteiger charge is 2.46. The Hall–Kier alpha value is -0.630. The molecular formula is C17H28N4. The zero-order chi connectivity index (χ0) is 14.4. The molecule has 4 nitrogen and oxygen atoms in total. The van der Waals surface area contributed by atoms with Crippen LogP contribution in [0.15, 0.2) is 0 Å². The minimum absolute atomic E-state index is 0.219. The highest BCUT2D eigenvalue weighted by Crippen LogP contribution is 2.38. The van der Waals surface area contributed by atoms with E-state index in [9.17, 15) is 5.26 Å². The predicted octanol–water partition coefficient (Wildman–Crippen LogP) is 1.72. The molecule has 4 aliphatic rings. The number of fused-ring (bicyclic) bond motifs is 2. The molecule has 1 N–H and O–H groups in total. The molecule has 0 spiro atoms. The van der Waals surface area contributed by atoms with Gasteiger partial charge >= 0.3 is 0 Å². The van der Waals surface area contributed by atoms with Crippen LogP contribution in [-0.4, -0.2) is 59.6 Å². The maximum Gasteiger partial charge on any atom is 0.108 e. The van der Waals surface area contributed by atoms with Gasteiger partial charge in [-0.1, -0.05) is 0 Å². The SMILES string of the molecule is CN1C2CCC1CN(C1CCC(C#N)(NC3CC3)C1)CC2. The number of nitrogens with one attached hydrogen (secondary N) is 1. The number of nitrogens with zero attached hydrogens (tertiary/aromatic N) is 3. The van der Waals surface area contributed by atoms with E-state index in [1.54, 1.807) is 0 Å². The van der Waals surface area contributed by atoms with Crippen molar-refractivity contribution in [2.24, 2.45) is 0 Å². The first-order chi connectivity index (χ1) is 10.2. The molecule has 21 heavy (non-hydrogen) atoms. The molecule has 2 bridgehead atoms.